The standard InChI is InChI=1S/C19H23N3O/c1-23-16-10-7-13-22(14-16)19(20)21-18-12-6-5-11-17(18)15-8-3-2-4-9-15/h2-6,8-9,11-12,16H,7,10,13-14H2,1H3,(H2,20,21). The highest BCUT2D eigenvalue weighted by Crippen LogP contribution is 2.27. The van der Waals surface area contributed by atoms with Crippen LogP contribution in [-0.4, -0.2) is 37.2 Å². The molecule has 1 unspecified atom stereocenters. The molecule has 0 radical (unpaired) electrons. The van der Waals surface area contributed by atoms with Gasteiger partial charge in [0.2, 0.25) is 0 Å². The molecular formula is C19H23N3O. The van der Waals surface area contributed by atoms with Crippen LogP contribution < -0.4 is 5.32 Å². The maximum atomic E-state index is 8.40. The molecule has 2 N–H and O–H groups in total. The Kier molecular flexibility index (Phi) is 4.93. The first-order valence-corrected chi connectivity index (χ1v) is 8.05. The van der Waals surface area contributed by atoms with E-state index in [4.69, 9.17) is 10.1 Å². The van der Waals surface area contributed by atoms with Crippen LogP contribution in [0.3, 0.4) is 0 Å². The van der Waals surface area contributed by atoms with Crippen molar-refractivity contribution in [3.8, 4) is 11.1 Å². The molecular weight excluding hydrogens is 286 g/mol. The van der Waals surface area contributed by atoms with Crippen molar-refractivity contribution in [2.45, 2.75) is 18.9 Å². The van der Waals surface area contributed by atoms with Gasteiger partial charge in [-0.2, -0.15) is 0 Å². The predicted molar refractivity (Wildman–Crippen MR) is 94.8 cm³/mol. The molecule has 0 aromatic heterocycles. The van der Waals surface area contributed by atoms with Crippen molar-refractivity contribution in [3.63, 3.8) is 0 Å². The van der Waals surface area contributed by atoms with Gasteiger partial charge in [0.15, 0.2) is 5.96 Å². The Balaban J connectivity index is 1.77. The van der Waals surface area contributed by atoms with Gasteiger partial charge in [-0.3, -0.25) is 5.41 Å². The van der Waals surface area contributed by atoms with E-state index in [1.165, 1.54) is 0 Å². The van der Waals surface area contributed by atoms with Crippen molar-refractivity contribution in [3.05, 3.63) is 54.6 Å². The molecule has 1 aliphatic rings. The van der Waals surface area contributed by atoms with E-state index in [1.54, 1.807) is 7.11 Å². The second kappa shape index (κ2) is 7.29. The van der Waals surface area contributed by atoms with Crippen molar-refractivity contribution in [2.75, 3.05) is 25.5 Å². The number of hydrogen-bond donors (Lipinski definition) is 2. The molecule has 23 heavy (non-hydrogen) atoms. The first-order chi connectivity index (χ1) is 11.3. The molecule has 1 saturated heterocycles. The van der Waals surface area contributed by atoms with Crippen LogP contribution in [0.15, 0.2) is 54.6 Å². The molecule has 1 fully saturated rings. The summed E-state index contributed by atoms with van der Waals surface area (Å²) in [4.78, 5) is 2.06. The Labute approximate surface area is 137 Å². The molecule has 0 aliphatic carbocycles. The van der Waals surface area contributed by atoms with Crippen molar-refractivity contribution in [1.29, 1.82) is 5.41 Å². The summed E-state index contributed by atoms with van der Waals surface area (Å²) in [7, 11) is 1.75. The van der Waals surface area contributed by atoms with Crippen molar-refractivity contribution in [1.82, 2.24) is 4.90 Å². The third kappa shape index (κ3) is 3.71. The fraction of sp³-hybridized carbons (Fsp3) is 0.316. The number of anilines is 1. The number of ether oxygens (including phenoxy) is 1. The van der Waals surface area contributed by atoms with Gasteiger partial charge in [0.05, 0.1) is 6.10 Å². The summed E-state index contributed by atoms with van der Waals surface area (Å²) in [6.07, 6.45) is 2.35. The van der Waals surface area contributed by atoms with Gasteiger partial charge in [0.25, 0.3) is 0 Å². The second-order valence-electron chi connectivity index (χ2n) is 5.83. The van der Waals surface area contributed by atoms with Gasteiger partial charge in [-0.25, -0.2) is 0 Å². The number of likely N-dealkylation sites (tertiary alicyclic amines) is 1. The van der Waals surface area contributed by atoms with E-state index in [9.17, 15) is 0 Å². The van der Waals surface area contributed by atoms with Gasteiger partial charge in [-0.1, -0.05) is 48.5 Å². The van der Waals surface area contributed by atoms with E-state index in [-0.39, 0.29) is 6.10 Å². The lowest BCUT2D eigenvalue weighted by Gasteiger charge is -2.33. The van der Waals surface area contributed by atoms with Crippen molar-refractivity contribution >= 4 is 11.6 Å². The van der Waals surface area contributed by atoms with E-state index >= 15 is 0 Å². The van der Waals surface area contributed by atoms with Gasteiger partial charge in [-0.05, 0) is 24.5 Å². The minimum atomic E-state index is 0.218. The largest absolute Gasteiger partial charge is 0.380 e. The van der Waals surface area contributed by atoms with Crippen LogP contribution in [0.2, 0.25) is 0 Å². The zero-order valence-electron chi connectivity index (χ0n) is 13.5. The van der Waals surface area contributed by atoms with Gasteiger partial charge in [-0.15, -0.1) is 0 Å². The van der Waals surface area contributed by atoms with E-state index in [1.807, 2.05) is 36.4 Å². The lowest BCUT2D eigenvalue weighted by Crippen LogP contribution is -2.45. The molecule has 3 rings (SSSR count). The third-order valence-electron chi connectivity index (χ3n) is 4.29. The van der Waals surface area contributed by atoms with E-state index in [0.717, 1.165) is 42.7 Å². The zero-order valence-corrected chi connectivity index (χ0v) is 13.5. The Morgan fingerprint density at radius 2 is 1.87 bits per heavy atom. The molecule has 1 atom stereocenters. The SMILES string of the molecule is COC1CCCN(C(=N)Nc2ccccc2-c2ccccc2)C1. The Morgan fingerprint density at radius 3 is 2.65 bits per heavy atom. The summed E-state index contributed by atoms with van der Waals surface area (Å²) in [5, 5.41) is 11.7. The Hall–Kier alpha value is -2.33. The summed E-state index contributed by atoms with van der Waals surface area (Å²) in [5.41, 5.74) is 3.22. The van der Waals surface area contributed by atoms with Crippen molar-refractivity contribution < 1.29 is 4.74 Å². The number of nitrogens with zero attached hydrogens (tertiary/aromatic N) is 1. The maximum Gasteiger partial charge on any atom is 0.195 e. The molecule has 0 bridgehead atoms. The monoisotopic (exact) mass is 309 g/mol. The smallest absolute Gasteiger partial charge is 0.195 e. The molecule has 0 spiro atoms. The number of benzene rings is 2. The van der Waals surface area contributed by atoms with Gasteiger partial charge < -0.3 is 15.0 Å². The van der Waals surface area contributed by atoms with Crippen LogP contribution in [0.5, 0.6) is 0 Å². The number of rotatable bonds is 3. The van der Waals surface area contributed by atoms with Gasteiger partial charge >= 0.3 is 0 Å². The summed E-state index contributed by atoms with van der Waals surface area (Å²) in [6.45, 7) is 1.68. The van der Waals surface area contributed by atoms with Crippen LogP contribution in [0.4, 0.5) is 5.69 Å². The molecule has 2 aromatic rings. The number of hydrogen-bond acceptors (Lipinski definition) is 2. The molecule has 0 saturated carbocycles. The lowest BCUT2D eigenvalue weighted by atomic mass is 10.0. The molecule has 0 amide bonds. The Bertz CT molecular complexity index is 657. The number of guanidine groups is 1. The second-order valence-corrected chi connectivity index (χ2v) is 5.83. The Morgan fingerprint density at radius 1 is 1.13 bits per heavy atom. The summed E-state index contributed by atoms with van der Waals surface area (Å²) in [6, 6.07) is 18.4. The zero-order chi connectivity index (χ0) is 16.1. The molecule has 4 nitrogen and oxygen atoms in total. The quantitative estimate of drug-likeness (QED) is 0.669. The number of para-hydroxylation sites is 1. The number of piperidine rings is 1. The highest BCUT2D eigenvalue weighted by molar-refractivity contribution is 5.95. The van der Waals surface area contributed by atoms with E-state index in [2.05, 4.69) is 28.4 Å². The highest BCUT2D eigenvalue weighted by Gasteiger charge is 2.21. The first-order valence-electron chi connectivity index (χ1n) is 8.05. The summed E-state index contributed by atoms with van der Waals surface area (Å²) < 4.78 is 5.45. The minimum Gasteiger partial charge on any atom is -0.380 e. The van der Waals surface area contributed by atoms with E-state index < -0.39 is 0 Å². The molecule has 1 heterocycles. The van der Waals surface area contributed by atoms with Crippen LogP contribution in [0.1, 0.15) is 12.8 Å². The van der Waals surface area contributed by atoms with Crippen LogP contribution in [0, 0.1) is 5.41 Å². The predicted octanol–water partition coefficient (Wildman–Crippen LogP) is 3.81. The first kappa shape index (κ1) is 15.6. The number of methoxy groups -OCH3 is 1. The lowest BCUT2D eigenvalue weighted by molar-refractivity contribution is 0.0534. The fourth-order valence-electron chi connectivity index (χ4n) is 3.00. The van der Waals surface area contributed by atoms with Crippen LogP contribution >= 0.6 is 0 Å². The molecule has 120 valence electrons. The maximum absolute atomic E-state index is 8.40. The van der Waals surface area contributed by atoms with Crippen molar-refractivity contribution in [2.24, 2.45) is 0 Å². The average Bonchev–Trinajstić information content (AvgIpc) is 2.63. The molecule has 2 aromatic carbocycles. The minimum absolute atomic E-state index is 0.218. The molecule has 1 aliphatic heterocycles. The third-order valence-corrected chi connectivity index (χ3v) is 4.29. The highest BCUT2D eigenvalue weighted by atomic mass is 16.5. The normalized spacial score (nSPS) is 17.8. The van der Waals surface area contributed by atoms with Gasteiger partial charge in [0, 0.05) is 31.5 Å². The van der Waals surface area contributed by atoms with Crippen LogP contribution in [0.25, 0.3) is 11.1 Å². The molecule has 4 heteroatoms. The summed E-state index contributed by atoms with van der Waals surface area (Å²) >= 11 is 0. The number of nitrogens with one attached hydrogen (secondary N) is 2. The van der Waals surface area contributed by atoms with Gasteiger partial charge in [0.1, 0.15) is 0 Å². The average molecular weight is 309 g/mol. The van der Waals surface area contributed by atoms with E-state index in [0.29, 0.717) is 5.96 Å². The van der Waals surface area contributed by atoms with Crippen LogP contribution in [-0.2, 0) is 4.74 Å². The fourth-order valence-corrected chi connectivity index (χ4v) is 3.00. The topological polar surface area (TPSA) is 48.4 Å². The summed E-state index contributed by atoms with van der Waals surface area (Å²) in [5.74, 6) is 0.440.